The molecule has 4 nitrogen and oxygen atoms in total. The number of halogens is 3. The SMILES string of the molecule is CN1CCC=C(c2nsnc2OCCCC(F)(F)F)C1. The van der Waals surface area contributed by atoms with E-state index in [2.05, 4.69) is 19.7 Å². The predicted molar refractivity (Wildman–Crippen MR) is 70.8 cm³/mol. The van der Waals surface area contributed by atoms with Gasteiger partial charge in [-0.3, -0.25) is 0 Å². The van der Waals surface area contributed by atoms with Crippen molar-refractivity contribution in [3.05, 3.63) is 11.8 Å². The highest BCUT2D eigenvalue weighted by atomic mass is 32.1. The summed E-state index contributed by atoms with van der Waals surface area (Å²) in [5, 5.41) is 0. The Kier molecular flexibility index (Phi) is 4.98. The third kappa shape index (κ3) is 4.45. The third-order valence-corrected chi connectivity index (χ3v) is 3.46. The number of nitrogens with zero attached hydrogens (tertiary/aromatic N) is 3. The van der Waals surface area contributed by atoms with Crippen molar-refractivity contribution in [3.8, 4) is 5.88 Å². The second kappa shape index (κ2) is 6.53. The van der Waals surface area contributed by atoms with E-state index in [1.807, 2.05) is 7.05 Å². The first-order chi connectivity index (χ1) is 9.46. The normalized spacial score (nSPS) is 17.1. The lowest BCUT2D eigenvalue weighted by molar-refractivity contribution is -0.136. The van der Waals surface area contributed by atoms with E-state index in [0.717, 1.165) is 36.8 Å². The molecule has 0 radical (unpaired) electrons. The minimum atomic E-state index is -4.14. The molecule has 0 bridgehead atoms. The van der Waals surface area contributed by atoms with E-state index in [1.54, 1.807) is 0 Å². The third-order valence-electron chi connectivity index (χ3n) is 2.95. The molecule has 8 heteroatoms. The minimum Gasteiger partial charge on any atom is -0.475 e. The Balaban J connectivity index is 1.90. The molecule has 1 aliphatic heterocycles. The molecule has 2 heterocycles. The number of ether oxygens (including phenoxy) is 1. The predicted octanol–water partition coefficient (Wildman–Crippen LogP) is 2.98. The molecule has 2 rings (SSSR count). The van der Waals surface area contributed by atoms with Gasteiger partial charge in [0.25, 0.3) is 5.88 Å². The van der Waals surface area contributed by atoms with Gasteiger partial charge in [0.05, 0.1) is 18.3 Å². The average molecular weight is 307 g/mol. The van der Waals surface area contributed by atoms with Gasteiger partial charge < -0.3 is 9.64 Å². The Morgan fingerprint density at radius 2 is 2.20 bits per heavy atom. The molecule has 0 amide bonds. The van der Waals surface area contributed by atoms with Crippen LogP contribution in [0.3, 0.4) is 0 Å². The number of rotatable bonds is 5. The van der Waals surface area contributed by atoms with E-state index >= 15 is 0 Å². The quantitative estimate of drug-likeness (QED) is 0.784. The molecule has 1 aliphatic rings. The van der Waals surface area contributed by atoms with Gasteiger partial charge in [0.15, 0.2) is 0 Å². The lowest BCUT2D eigenvalue weighted by atomic mass is 10.1. The molecule has 0 spiro atoms. The first kappa shape index (κ1) is 15.2. The van der Waals surface area contributed by atoms with Crippen LogP contribution in [0.4, 0.5) is 13.2 Å². The average Bonchev–Trinajstić information content (AvgIpc) is 2.82. The Bertz CT molecular complexity index is 473. The molecule has 1 aromatic rings. The van der Waals surface area contributed by atoms with Crippen LogP contribution < -0.4 is 4.74 Å². The standard InChI is InChI=1S/C12H16F3N3OS/c1-18-6-2-4-9(8-18)10-11(17-20-16-10)19-7-3-5-12(13,14)15/h4H,2-3,5-8H2,1H3. The highest BCUT2D eigenvalue weighted by Gasteiger charge is 2.26. The molecule has 0 aromatic carbocycles. The minimum absolute atomic E-state index is 0.00103. The Hall–Kier alpha value is -1.15. The summed E-state index contributed by atoms with van der Waals surface area (Å²) < 4.78 is 49.7. The smallest absolute Gasteiger partial charge is 0.389 e. The Labute approximate surface area is 119 Å². The topological polar surface area (TPSA) is 38.2 Å². The zero-order chi connectivity index (χ0) is 14.6. The van der Waals surface area contributed by atoms with Crippen LogP contribution in [-0.2, 0) is 0 Å². The fourth-order valence-electron chi connectivity index (χ4n) is 1.98. The second-order valence-corrected chi connectivity index (χ2v) is 5.27. The lowest BCUT2D eigenvalue weighted by Gasteiger charge is -2.22. The van der Waals surface area contributed by atoms with Crippen LogP contribution in [0, 0.1) is 0 Å². The van der Waals surface area contributed by atoms with Crippen LogP contribution in [0.25, 0.3) is 5.57 Å². The number of hydrogen-bond donors (Lipinski definition) is 0. The molecule has 112 valence electrons. The monoisotopic (exact) mass is 307 g/mol. The zero-order valence-corrected chi connectivity index (χ0v) is 11.9. The second-order valence-electron chi connectivity index (χ2n) is 4.74. The number of alkyl halides is 3. The highest BCUT2D eigenvalue weighted by Crippen LogP contribution is 2.27. The molecule has 1 aromatic heterocycles. The van der Waals surface area contributed by atoms with Crippen molar-refractivity contribution < 1.29 is 17.9 Å². The van der Waals surface area contributed by atoms with Crippen molar-refractivity contribution in [2.24, 2.45) is 0 Å². The molecule has 0 N–H and O–H groups in total. The van der Waals surface area contributed by atoms with Crippen molar-refractivity contribution in [3.63, 3.8) is 0 Å². The van der Waals surface area contributed by atoms with Crippen LogP contribution in [0.5, 0.6) is 5.88 Å². The molecule has 0 fully saturated rings. The van der Waals surface area contributed by atoms with Gasteiger partial charge in [-0.25, -0.2) is 0 Å². The summed E-state index contributed by atoms with van der Waals surface area (Å²) in [5.41, 5.74) is 1.69. The number of hydrogen-bond acceptors (Lipinski definition) is 5. The summed E-state index contributed by atoms with van der Waals surface area (Å²) in [7, 11) is 2.01. The summed E-state index contributed by atoms with van der Waals surface area (Å²) in [6.45, 7) is 1.74. The number of aromatic nitrogens is 2. The maximum atomic E-state index is 12.0. The lowest BCUT2D eigenvalue weighted by Crippen LogP contribution is -2.25. The van der Waals surface area contributed by atoms with Gasteiger partial charge in [0.2, 0.25) is 0 Å². The first-order valence-electron chi connectivity index (χ1n) is 6.36. The van der Waals surface area contributed by atoms with Crippen LogP contribution in [0.1, 0.15) is 25.0 Å². The molecular weight excluding hydrogens is 291 g/mol. The van der Waals surface area contributed by atoms with E-state index in [-0.39, 0.29) is 13.0 Å². The first-order valence-corrected chi connectivity index (χ1v) is 7.09. The van der Waals surface area contributed by atoms with Crippen LogP contribution >= 0.6 is 11.7 Å². The molecule has 20 heavy (non-hydrogen) atoms. The Morgan fingerprint density at radius 3 is 2.90 bits per heavy atom. The van der Waals surface area contributed by atoms with Gasteiger partial charge in [0, 0.05) is 19.5 Å². The molecule has 0 unspecified atom stereocenters. The van der Waals surface area contributed by atoms with Gasteiger partial charge in [-0.05, 0) is 25.5 Å². The summed E-state index contributed by atoms with van der Waals surface area (Å²) in [6.07, 6.45) is -2.04. The summed E-state index contributed by atoms with van der Waals surface area (Å²) >= 11 is 1.02. The fourth-order valence-corrected chi connectivity index (χ4v) is 2.51. The van der Waals surface area contributed by atoms with E-state index in [9.17, 15) is 13.2 Å². The molecule has 0 aliphatic carbocycles. The Morgan fingerprint density at radius 1 is 1.40 bits per heavy atom. The van der Waals surface area contributed by atoms with Gasteiger partial charge >= 0.3 is 6.18 Å². The fraction of sp³-hybridized carbons (Fsp3) is 0.667. The van der Waals surface area contributed by atoms with Gasteiger partial charge in [0.1, 0.15) is 5.69 Å². The van der Waals surface area contributed by atoms with Crippen LogP contribution in [0.2, 0.25) is 0 Å². The van der Waals surface area contributed by atoms with E-state index in [0.29, 0.717) is 11.6 Å². The van der Waals surface area contributed by atoms with Gasteiger partial charge in [-0.1, -0.05) is 6.08 Å². The van der Waals surface area contributed by atoms with Crippen molar-refractivity contribution in [2.75, 3.05) is 26.7 Å². The summed E-state index contributed by atoms with van der Waals surface area (Å²) in [5.74, 6) is 0.346. The van der Waals surface area contributed by atoms with Crippen molar-refractivity contribution in [2.45, 2.75) is 25.4 Å². The van der Waals surface area contributed by atoms with Crippen molar-refractivity contribution >= 4 is 17.3 Å². The molecule has 0 atom stereocenters. The van der Waals surface area contributed by atoms with Gasteiger partial charge in [-0.2, -0.15) is 17.5 Å². The van der Waals surface area contributed by atoms with Crippen molar-refractivity contribution in [1.82, 2.24) is 13.6 Å². The molecule has 0 saturated carbocycles. The zero-order valence-electron chi connectivity index (χ0n) is 11.1. The maximum Gasteiger partial charge on any atom is 0.389 e. The van der Waals surface area contributed by atoms with E-state index in [1.165, 1.54) is 0 Å². The summed E-state index contributed by atoms with van der Waals surface area (Å²) in [4.78, 5) is 2.15. The van der Waals surface area contributed by atoms with Crippen molar-refractivity contribution in [1.29, 1.82) is 0 Å². The van der Waals surface area contributed by atoms with Gasteiger partial charge in [-0.15, -0.1) is 4.37 Å². The van der Waals surface area contributed by atoms with E-state index in [4.69, 9.17) is 4.74 Å². The number of likely N-dealkylation sites (N-methyl/N-ethyl adjacent to an activating group) is 1. The highest BCUT2D eigenvalue weighted by molar-refractivity contribution is 6.99. The van der Waals surface area contributed by atoms with Crippen LogP contribution in [-0.4, -0.2) is 46.6 Å². The largest absolute Gasteiger partial charge is 0.475 e. The maximum absolute atomic E-state index is 12.0. The molecule has 0 saturated heterocycles. The van der Waals surface area contributed by atoms with E-state index < -0.39 is 12.6 Å². The van der Waals surface area contributed by atoms with Crippen LogP contribution in [0.15, 0.2) is 6.08 Å². The molecular formula is C12H16F3N3OS. The summed E-state index contributed by atoms with van der Waals surface area (Å²) in [6, 6.07) is 0.